The number of anilines is 2. The second-order valence-electron chi connectivity index (χ2n) is 9.55. The second-order valence-corrected chi connectivity index (χ2v) is 9.55. The molecule has 1 aromatic carbocycles. The Hall–Kier alpha value is -3.86. The van der Waals surface area contributed by atoms with Crippen LogP contribution in [0.5, 0.6) is 0 Å². The Bertz CT molecular complexity index is 1400. The number of morpholine rings is 1. The van der Waals surface area contributed by atoms with Crippen LogP contribution < -0.4 is 10.2 Å². The summed E-state index contributed by atoms with van der Waals surface area (Å²) in [6.07, 6.45) is 5.59. The van der Waals surface area contributed by atoms with Crippen molar-refractivity contribution in [3.63, 3.8) is 0 Å². The van der Waals surface area contributed by atoms with Crippen LogP contribution >= 0.6 is 0 Å². The van der Waals surface area contributed by atoms with Crippen molar-refractivity contribution in [3.8, 4) is 11.1 Å². The monoisotopic (exact) mass is 478 g/mol. The number of amides is 1. The number of carbonyl (C=O) groups excluding carboxylic acids is 1. The molecule has 35 heavy (non-hydrogen) atoms. The molecule has 11 heteroatoms. The molecule has 1 aliphatic heterocycles. The maximum atomic E-state index is 14.9. The Morgan fingerprint density at radius 1 is 1.17 bits per heavy atom. The van der Waals surface area contributed by atoms with E-state index in [0.717, 1.165) is 41.1 Å². The first-order chi connectivity index (χ1) is 16.7. The van der Waals surface area contributed by atoms with E-state index in [1.807, 2.05) is 44.5 Å². The number of rotatable bonds is 4. The molecule has 0 unspecified atom stereocenters. The standard InChI is InChI=1S/C24H27FN8O2/c1-15-11-18(25)19(27-23(34)21-28-30-33(29-21)24(2,3)4)13-17(15)16-12-20(31-7-9-35-10-8-31)22-26-5-6-32(22)14-16/h5-6,11-14H,7-10H2,1-4H3,(H,27,34). The summed E-state index contributed by atoms with van der Waals surface area (Å²) in [5.41, 5.74) is 3.84. The van der Waals surface area contributed by atoms with E-state index in [4.69, 9.17) is 4.74 Å². The summed E-state index contributed by atoms with van der Waals surface area (Å²) in [6.45, 7) is 10.3. The van der Waals surface area contributed by atoms with Gasteiger partial charge < -0.3 is 19.4 Å². The highest BCUT2D eigenvalue weighted by Gasteiger charge is 2.22. The van der Waals surface area contributed by atoms with Gasteiger partial charge in [-0.2, -0.15) is 4.80 Å². The number of pyridine rings is 1. The number of ether oxygens (including phenoxy) is 1. The van der Waals surface area contributed by atoms with Gasteiger partial charge >= 0.3 is 0 Å². The number of hydrogen-bond acceptors (Lipinski definition) is 7. The van der Waals surface area contributed by atoms with Crippen molar-refractivity contribution in [2.24, 2.45) is 0 Å². The van der Waals surface area contributed by atoms with E-state index in [1.54, 1.807) is 12.3 Å². The smallest absolute Gasteiger partial charge is 0.297 e. The molecule has 5 rings (SSSR count). The van der Waals surface area contributed by atoms with E-state index in [-0.39, 0.29) is 11.5 Å². The van der Waals surface area contributed by atoms with Crippen LogP contribution in [0.2, 0.25) is 0 Å². The quantitative estimate of drug-likeness (QED) is 0.480. The summed E-state index contributed by atoms with van der Waals surface area (Å²) in [5, 5.41) is 14.5. The van der Waals surface area contributed by atoms with E-state index < -0.39 is 17.3 Å². The van der Waals surface area contributed by atoms with Crippen molar-refractivity contribution in [2.45, 2.75) is 33.2 Å². The lowest BCUT2D eigenvalue weighted by Gasteiger charge is -2.29. The Morgan fingerprint density at radius 2 is 1.94 bits per heavy atom. The number of hydrogen-bond donors (Lipinski definition) is 1. The van der Waals surface area contributed by atoms with Gasteiger partial charge in [-0.05, 0) is 62.2 Å². The Labute approximate surface area is 201 Å². The molecule has 0 bridgehead atoms. The predicted molar refractivity (Wildman–Crippen MR) is 129 cm³/mol. The van der Waals surface area contributed by atoms with Crippen molar-refractivity contribution >= 4 is 22.9 Å². The van der Waals surface area contributed by atoms with E-state index in [9.17, 15) is 9.18 Å². The lowest BCUT2D eigenvalue weighted by atomic mass is 10.00. The van der Waals surface area contributed by atoms with Crippen LogP contribution in [-0.4, -0.2) is 61.8 Å². The number of aromatic nitrogens is 6. The van der Waals surface area contributed by atoms with Crippen LogP contribution in [0.15, 0.2) is 36.8 Å². The number of tetrazole rings is 1. The molecule has 0 radical (unpaired) electrons. The summed E-state index contributed by atoms with van der Waals surface area (Å²) >= 11 is 0. The average Bonchev–Trinajstić information content (AvgIpc) is 3.50. The number of aryl methyl sites for hydroxylation is 1. The van der Waals surface area contributed by atoms with Crippen molar-refractivity contribution < 1.29 is 13.9 Å². The summed E-state index contributed by atoms with van der Waals surface area (Å²) in [7, 11) is 0. The zero-order chi connectivity index (χ0) is 24.7. The first-order valence-electron chi connectivity index (χ1n) is 11.4. The van der Waals surface area contributed by atoms with Crippen molar-refractivity contribution in [1.29, 1.82) is 0 Å². The molecule has 10 nitrogen and oxygen atoms in total. The topological polar surface area (TPSA) is 102 Å². The van der Waals surface area contributed by atoms with Gasteiger partial charge in [-0.15, -0.1) is 10.2 Å². The number of nitrogens with zero attached hydrogens (tertiary/aromatic N) is 7. The van der Waals surface area contributed by atoms with Crippen LogP contribution in [0.3, 0.4) is 0 Å². The summed E-state index contributed by atoms with van der Waals surface area (Å²) in [4.78, 5) is 20.9. The van der Waals surface area contributed by atoms with Crippen LogP contribution in [0.25, 0.3) is 16.8 Å². The third-order valence-electron chi connectivity index (χ3n) is 5.91. The zero-order valence-electron chi connectivity index (χ0n) is 20.1. The SMILES string of the molecule is Cc1cc(F)c(NC(=O)c2nnn(C(C)(C)C)n2)cc1-c1cc(N2CCOCC2)c2nccn2c1. The van der Waals surface area contributed by atoms with Crippen LogP contribution in [0.1, 0.15) is 37.0 Å². The lowest BCUT2D eigenvalue weighted by Crippen LogP contribution is -2.36. The summed E-state index contributed by atoms with van der Waals surface area (Å²) < 4.78 is 22.3. The van der Waals surface area contributed by atoms with Gasteiger partial charge in [-0.25, -0.2) is 9.37 Å². The molecule has 4 heterocycles. The van der Waals surface area contributed by atoms with E-state index >= 15 is 0 Å². The maximum Gasteiger partial charge on any atom is 0.297 e. The third kappa shape index (κ3) is 4.46. The fourth-order valence-corrected chi connectivity index (χ4v) is 4.05. The van der Waals surface area contributed by atoms with Crippen LogP contribution in [-0.2, 0) is 10.3 Å². The lowest BCUT2D eigenvalue weighted by molar-refractivity contribution is 0.101. The number of imidazole rings is 1. The molecule has 0 saturated carbocycles. The first-order valence-corrected chi connectivity index (χ1v) is 11.4. The number of benzene rings is 1. The predicted octanol–water partition coefficient (Wildman–Crippen LogP) is 3.28. The molecule has 0 atom stereocenters. The molecule has 0 spiro atoms. The average molecular weight is 479 g/mol. The normalized spacial score (nSPS) is 14.5. The van der Waals surface area contributed by atoms with Gasteiger partial charge in [0.15, 0.2) is 5.65 Å². The Morgan fingerprint density at radius 3 is 2.66 bits per heavy atom. The Kier molecular flexibility index (Phi) is 5.72. The zero-order valence-corrected chi connectivity index (χ0v) is 20.1. The second kappa shape index (κ2) is 8.73. The van der Waals surface area contributed by atoms with Gasteiger partial charge in [0.05, 0.1) is 30.1 Å². The fraction of sp³-hybridized carbons (Fsp3) is 0.375. The number of carbonyl (C=O) groups is 1. The van der Waals surface area contributed by atoms with Gasteiger partial charge in [0.25, 0.3) is 11.7 Å². The van der Waals surface area contributed by atoms with E-state index in [0.29, 0.717) is 13.2 Å². The molecule has 4 aromatic rings. The Balaban J connectivity index is 1.51. The molecule has 1 saturated heterocycles. The van der Waals surface area contributed by atoms with Crippen molar-refractivity contribution in [1.82, 2.24) is 29.6 Å². The molecule has 182 valence electrons. The fourth-order valence-electron chi connectivity index (χ4n) is 4.05. The van der Waals surface area contributed by atoms with Crippen LogP contribution in [0, 0.1) is 12.7 Å². The minimum absolute atomic E-state index is 0.0429. The molecular weight excluding hydrogens is 451 g/mol. The first kappa shape index (κ1) is 22.9. The highest BCUT2D eigenvalue weighted by molar-refractivity contribution is 6.01. The largest absolute Gasteiger partial charge is 0.378 e. The summed E-state index contributed by atoms with van der Waals surface area (Å²) in [6, 6.07) is 5.10. The molecule has 1 aliphatic rings. The van der Waals surface area contributed by atoms with Gasteiger partial charge in [-0.1, -0.05) is 0 Å². The minimum atomic E-state index is -0.631. The molecular formula is C24H27FN8O2. The van der Waals surface area contributed by atoms with Crippen molar-refractivity contribution in [2.75, 3.05) is 36.5 Å². The van der Waals surface area contributed by atoms with Crippen LogP contribution in [0.4, 0.5) is 15.8 Å². The van der Waals surface area contributed by atoms with Gasteiger partial charge in [-0.3, -0.25) is 4.79 Å². The summed E-state index contributed by atoms with van der Waals surface area (Å²) in [5.74, 6) is -1.30. The number of nitrogens with one attached hydrogen (secondary N) is 1. The molecule has 1 fully saturated rings. The van der Waals surface area contributed by atoms with Gasteiger partial charge in [0, 0.05) is 37.2 Å². The highest BCUT2D eigenvalue weighted by Crippen LogP contribution is 2.33. The van der Waals surface area contributed by atoms with E-state index in [2.05, 4.69) is 36.7 Å². The number of halogens is 1. The highest BCUT2D eigenvalue weighted by atomic mass is 19.1. The molecule has 1 amide bonds. The van der Waals surface area contributed by atoms with Gasteiger partial charge in [0.1, 0.15) is 5.82 Å². The number of fused-ring (bicyclic) bond motifs is 1. The van der Waals surface area contributed by atoms with E-state index in [1.165, 1.54) is 10.9 Å². The van der Waals surface area contributed by atoms with Gasteiger partial charge in [0.2, 0.25) is 0 Å². The molecule has 3 aromatic heterocycles. The maximum absolute atomic E-state index is 14.9. The third-order valence-corrected chi connectivity index (χ3v) is 5.91. The van der Waals surface area contributed by atoms with Crippen molar-refractivity contribution in [3.05, 3.63) is 54.0 Å². The molecule has 1 N–H and O–H groups in total. The minimum Gasteiger partial charge on any atom is -0.378 e. The molecule has 0 aliphatic carbocycles.